The molecule has 1 fully saturated rings. The molecule has 2 N–H and O–H groups in total. The zero-order valence-corrected chi connectivity index (χ0v) is 20.2. The minimum Gasteiger partial charge on any atom is -0.334 e. The topological polar surface area (TPSA) is 57.3 Å². The largest absolute Gasteiger partial charge is 0.334 e. The number of amides is 2. The summed E-state index contributed by atoms with van der Waals surface area (Å²) in [6, 6.07) is 31.6. The Morgan fingerprint density at radius 2 is 1.57 bits per heavy atom. The Labute approximate surface area is 207 Å². The normalized spacial score (nSPS) is 16.0. The van der Waals surface area contributed by atoms with Crippen molar-refractivity contribution in [3.63, 3.8) is 0 Å². The predicted octanol–water partition coefficient (Wildman–Crippen LogP) is 5.59. The molecule has 2 heterocycles. The second-order valence-electron chi connectivity index (χ2n) is 9.44. The Morgan fingerprint density at radius 3 is 2.26 bits per heavy atom. The number of hydrogen-bond donors (Lipinski definition) is 2. The van der Waals surface area contributed by atoms with Crippen LogP contribution >= 0.6 is 0 Å². The van der Waals surface area contributed by atoms with Crippen molar-refractivity contribution in [1.29, 1.82) is 0 Å². The van der Waals surface area contributed by atoms with E-state index < -0.39 is 0 Å². The summed E-state index contributed by atoms with van der Waals surface area (Å²) < 4.78 is 0. The maximum atomic E-state index is 12.9. The third-order valence-corrected chi connectivity index (χ3v) is 6.79. The fourth-order valence-electron chi connectivity index (χ4n) is 5.09. The molecule has 1 aliphatic heterocycles. The molecule has 35 heavy (non-hydrogen) atoms. The van der Waals surface area contributed by atoms with Crippen LogP contribution in [0.3, 0.4) is 0 Å². The number of urea groups is 1. The van der Waals surface area contributed by atoms with Gasteiger partial charge in [0.15, 0.2) is 0 Å². The number of hydrogen-bond acceptors (Lipinski definition) is 3. The molecule has 1 unspecified atom stereocenters. The predicted molar refractivity (Wildman–Crippen MR) is 143 cm³/mol. The first-order valence-electron chi connectivity index (χ1n) is 12.4. The van der Waals surface area contributed by atoms with Gasteiger partial charge >= 0.3 is 6.03 Å². The van der Waals surface area contributed by atoms with Gasteiger partial charge in [0, 0.05) is 36.3 Å². The minimum absolute atomic E-state index is 0.123. The van der Waals surface area contributed by atoms with Crippen molar-refractivity contribution in [2.45, 2.75) is 38.3 Å². The molecule has 3 aromatic carbocycles. The molecule has 0 bridgehead atoms. The lowest BCUT2D eigenvalue weighted by atomic mass is 9.98. The molecule has 1 aromatic heterocycles. The van der Waals surface area contributed by atoms with Crippen LogP contribution in [-0.2, 0) is 12.8 Å². The summed E-state index contributed by atoms with van der Waals surface area (Å²) in [5.41, 5.74) is 5.27. The molecule has 1 aliphatic rings. The Kier molecular flexibility index (Phi) is 7.05. The van der Waals surface area contributed by atoms with Crippen molar-refractivity contribution in [1.82, 2.24) is 15.2 Å². The summed E-state index contributed by atoms with van der Waals surface area (Å²) in [5, 5.41) is 7.23. The quantitative estimate of drug-likeness (QED) is 0.375. The Bertz CT molecular complexity index is 1230. The van der Waals surface area contributed by atoms with Crippen molar-refractivity contribution >= 4 is 22.6 Å². The van der Waals surface area contributed by atoms with Crippen LogP contribution in [0.25, 0.3) is 10.9 Å². The lowest BCUT2D eigenvalue weighted by Crippen LogP contribution is -2.42. The van der Waals surface area contributed by atoms with Crippen LogP contribution in [0.4, 0.5) is 10.5 Å². The number of likely N-dealkylation sites (tertiary alicyclic amines) is 1. The van der Waals surface area contributed by atoms with Gasteiger partial charge in [-0.05, 0) is 49.4 Å². The van der Waals surface area contributed by atoms with Gasteiger partial charge in [-0.1, -0.05) is 78.9 Å². The first-order chi connectivity index (χ1) is 17.1. The summed E-state index contributed by atoms with van der Waals surface area (Å²) >= 11 is 0. The standard InChI is InChI=1S/C30H32N4O/c1-22-18-29(27-14-8-9-15-28(27)31-22)33-30(35)32-25-16-17-34(21-25)26(19-23-10-4-2-5-11-23)20-24-12-6-3-7-13-24/h2-15,18,25-26H,16-17,19-21H2,1H3,(H2,31,32,33,35). The van der Waals surface area contributed by atoms with Gasteiger partial charge in [0.25, 0.3) is 0 Å². The average molecular weight is 465 g/mol. The Morgan fingerprint density at radius 1 is 0.943 bits per heavy atom. The van der Waals surface area contributed by atoms with Crippen molar-refractivity contribution in [3.8, 4) is 0 Å². The second-order valence-corrected chi connectivity index (χ2v) is 9.44. The molecule has 0 aliphatic carbocycles. The second kappa shape index (κ2) is 10.7. The SMILES string of the molecule is Cc1cc(NC(=O)NC2CCN(C(Cc3ccccc3)Cc3ccccc3)C2)c2ccccc2n1. The van der Waals surface area contributed by atoms with E-state index in [0.29, 0.717) is 6.04 Å². The number of carbonyl (C=O) groups excluding carboxylic acids is 1. The molecule has 0 radical (unpaired) electrons. The molecule has 5 heteroatoms. The van der Waals surface area contributed by atoms with Crippen molar-refractivity contribution in [3.05, 3.63) is 108 Å². The Balaban J connectivity index is 1.25. The molecule has 5 nitrogen and oxygen atoms in total. The van der Waals surface area contributed by atoms with Gasteiger partial charge < -0.3 is 10.6 Å². The molecule has 2 amide bonds. The Hall–Kier alpha value is -3.70. The number of para-hydroxylation sites is 1. The minimum atomic E-state index is -0.157. The molecule has 178 valence electrons. The van der Waals surface area contributed by atoms with Gasteiger partial charge in [-0.2, -0.15) is 0 Å². The van der Waals surface area contributed by atoms with Gasteiger partial charge in [-0.3, -0.25) is 9.88 Å². The highest BCUT2D eigenvalue weighted by Crippen LogP contribution is 2.24. The summed E-state index contributed by atoms with van der Waals surface area (Å²) in [6.45, 7) is 3.78. The highest BCUT2D eigenvalue weighted by Gasteiger charge is 2.29. The van der Waals surface area contributed by atoms with Crippen molar-refractivity contribution in [2.75, 3.05) is 18.4 Å². The van der Waals surface area contributed by atoms with E-state index in [1.807, 2.05) is 37.3 Å². The van der Waals surface area contributed by atoms with E-state index in [2.05, 4.69) is 81.2 Å². The fraction of sp³-hybridized carbons (Fsp3) is 0.267. The number of benzene rings is 3. The van der Waals surface area contributed by atoms with Crippen molar-refractivity contribution < 1.29 is 4.79 Å². The van der Waals surface area contributed by atoms with E-state index in [1.165, 1.54) is 11.1 Å². The number of fused-ring (bicyclic) bond motifs is 1. The zero-order valence-electron chi connectivity index (χ0n) is 20.2. The number of pyridine rings is 1. The summed E-state index contributed by atoms with van der Waals surface area (Å²) in [5.74, 6) is 0. The number of rotatable bonds is 7. The van der Waals surface area contributed by atoms with E-state index in [9.17, 15) is 4.79 Å². The first kappa shape index (κ1) is 23.1. The third kappa shape index (κ3) is 5.87. The maximum Gasteiger partial charge on any atom is 0.319 e. The van der Waals surface area contributed by atoms with Crippen LogP contribution in [0.15, 0.2) is 91.0 Å². The summed E-state index contributed by atoms with van der Waals surface area (Å²) in [6.07, 6.45) is 2.94. The maximum absolute atomic E-state index is 12.9. The number of carbonyl (C=O) groups is 1. The monoisotopic (exact) mass is 464 g/mol. The first-order valence-corrected chi connectivity index (χ1v) is 12.4. The van der Waals surface area contributed by atoms with Crippen molar-refractivity contribution in [2.24, 2.45) is 0 Å². The number of aromatic nitrogens is 1. The van der Waals surface area contributed by atoms with Crippen LogP contribution in [0.5, 0.6) is 0 Å². The van der Waals surface area contributed by atoms with Crippen LogP contribution in [0.2, 0.25) is 0 Å². The molecular weight excluding hydrogens is 432 g/mol. The van der Waals surface area contributed by atoms with Crippen LogP contribution in [0, 0.1) is 6.92 Å². The molecule has 5 rings (SSSR count). The highest BCUT2D eigenvalue weighted by atomic mass is 16.2. The van der Waals surface area contributed by atoms with E-state index in [-0.39, 0.29) is 12.1 Å². The van der Waals surface area contributed by atoms with E-state index in [1.54, 1.807) is 0 Å². The number of aryl methyl sites for hydroxylation is 1. The number of nitrogens with one attached hydrogen (secondary N) is 2. The van der Waals surface area contributed by atoms with Gasteiger partial charge in [0.1, 0.15) is 0 Å². The molecular formula is C30H32N4O. The molecule has 4 aromatic rings. The fourth-order valence-corrected chi connectivity index (χ4v) is 5.09. The van der Waals surface area contributed by atoms with Gasteiger partial charge in [-0.15, -0.1) is 0 Å². The van der Waals surface area contributed by atoms with E-state index >= 15 is 0 Å². The molecule has 1 atom stereocenters. The molecule has 1 saturated heterocycles. The smallest absolute Gasteiger partial charge is 0.319 e. The average Bonchev–Trinajstić information content (AvgIpc) is 3.33. The van der Waals surface area contributed by atoms with Gasteiger partial charge in [0.05, 0.1) is 11.2 Å². The number of nitrogens with zero attached hydrogens (tertiary/aromatic N) is 2. The number of anilines is 1. The van der Waals surface area contributed by atoms with Gasteiger partial charge in [0.2, 0.25) is 0 Å². The highest BCUT2D eigenvalue weighted by molar-refractivity contribution is 6.00. The lowest BCUT2D eigenvalue weighted by Gasteiger charge is -2.28. The van der Waals surface area contributed by atoms with Crippen LogP contribution < -0.4 is 10.6 Å². The molecule has 0 spiro atoms. The van der Waals surface area contributed by atoms with Crippen LogP contribution in [-0.4, -0.2) is 41.1 Å². The summed E-state index contributed by atoms with van der Waals surface area (Å²) in [7, 11) is 0. The van der Waals surface area contributed by atoms with E-state index in [4.69, 9.17) is 0 Å². The van der Waals surface area contributed by atoms with E-state index in [0.717, 1.165) is 54.6 Å². The summed E-state index contributed by atoms with van der Waals surface area (Å²) in [4.78, 5) is 20.0. The van der Waals surface area contributed by atoms with Gasteiger partial charge in [-0.25, -0.2) is 4.79 Å². The lowest BCUT2D eigenvalue weighted by molar-refractivity contribution is 0.229. The van der Waals surface area contributed by atoms with Crippen LogP contribution in [0.1, 0.15) is 23.2 Å². The zero-order chi connectivity index (χ0) is 24.0. The third-order valence-electron chi connectivity index (χ3n) is 6.79. The molecule has 0 saturated carbocycles.